The van der Waals surface area contributed by atoms with Crippen molar-refractivity contribution in [3.63, 3.8) is 0 Å². The van der Waals surface area contributed by atoms with E-state index in [2.05, 4.69) is 22.3 Å². The van der Waals surface area contributed by atoms with Crippen molar-refractivity contribution in [1.29, 1.82) is 0 Å². The second-order valence-corrected chi connectivity index (χ2v) is 9.96. The maximum absolute atomic E-state index is 13.7. The highest BCUT2D eigenvalue weighted by molar-refractivity contribution is 6.31. The van der Waals surface area contributed by atoms with Crippen LogP contribution in [0.5, 0.6) is 0 Å². The third-order valence-corrected chi connectivity index (χ3v) is 6.58. The molecule has 0 aliphatic heterocycles. The van der Waals surface area contributed by atoms with Crippen LogP contribution in [0.3, 0.4) is 0 Å². The first-order valence-corrected chi connectivity index (χ1v) is 12.2. The number of fused-ring (bicyclic) bond motifs is 1. The van der Waals surface area contributed by atoms with E-state index in [1.807, 2.05) is 44.2 Å². The largest absolute Gasteiger partial charge is 0.366 e. The van der Waals surface area contributed by atoms with Crippen molar-refractivity contribution in [2.45, 2.75) is 39.0 Å². The van der Waals surface area contributed by atoms with E-state index in [1.54, 1.807) is 31.2 Å². The number of rotatable bonds is 6. The standard InChI is InChI=1S/C30H26ClFN2O3/c1-19-25-17-23(13-14-24(25)29(36)37-34-19)33-28(35)21(11-7-10-20-8-5-4-6-9-20)18-30(2,3)26-15-12-22(32)16-27(26)31/h4-6,8-9,12-17,21H,10,18H2,1-3H3,(H,33,35). The van der Waals surface area contributed by atoms with Crippen LogP contribution in [-0.2, 0) is 16.6 Å². The highest BCUT2D eigenvalue weighted by Crippen LogP contribution is 2.36. The zero-order valence-corrected chi connectivity index (χ0v) is 21.5. The van der Waals surface area contributed by atoms with Crippen LogP contribution < -0.4 is 10.9 Å². The lowest BCUT2D eigenvalue weighted by atomic mass is 9.76. The molecule has 0 aliphatic rings. The Bertz CT molecular complexity index is 1570. The molecule has 7 heteroatoms. The molecule has 5 nitrogen and oxygen atoms in total. The normalized spacial score (nSPS) is 12.0. The van der Waals surface area contributed by atoms with E-state index >= 15 is 0 Å². The Hall–Kier alpha value is -3.95. The van der Waals surface area contributed by atoms with Crippen molar-refractivity contribution < 1.29 is 13.7 Å². The van der Waals surface area contributed by atoms with Crippen molar-refractivity contribution in [1.82, 2.24) is 5.16 Å². The summed E-state index contributed by atoms with van der Waals surface area (Å²) >= 11 is 6.36. The van der Waals surface area contributed by atoms with Crippen LogP contribution in [0, 0.1) is 30.5 Å². The first kappa shape index (κ1) is 26.1. The smallest absolute Gasteiger partial charge is 0.325 e. The average molecular weight is 517 g/mol. The Kier molecular flexibility index (Phi) is 7.75. The number of nitrogens with one attached hydrogen (secondary N) is 1. The van der Waals surface area contributed by atoms with Gasteiger partial charge in [0, 0.05) is 22.5 Å². The maximum Gasteiger partial charge on any atom is 0.366 e. The molecule has 188 valence electrons. The zero-order valence-electron chi connectivity index (χ0n) is 20.8. The third kappa shape index (κ3) is 6.25. The van der Waals surface area contributed by atoms with Crippen molar-refractivity contribution in [3.8, 4) is 11.8 Å². The SMILES string of the molecule is Cc1noc(=O)c2ccc(NC(=O)C(C#CCc3ccccc3)CC(C)(C)c3ccc(F)cc3Cl)cc12. The number of aryl methyl sites for hydroxylation is 1. The van der Waals surface area contributed by atoms with E-state index in [9.17, 15) is 14.0 Å². The summed E-state index contributed by atoms with van der Waals surface area (Å²) in [5, 5.41) is 7.98. The van der Waals surface area contributed by atoms with E-state index in [0.717, 1.165) is 11.1 Å². The molecule has 1 unspecified atom stereocenters. The number of carbonyl (C=O) groups excluding carboxylic acids is 1. The van der Waals surface area contributed by atoms with Gasteiger partial charge >= 0.3 is 5.63 Å². The van der Waals surface area contributed by atoms with Gasteiger partial charge in [0.1, 0.15) is 11.7 Å². The molecular formula is C30H26ClFN2O3. The number of halogens is 2. The lowest BCUT2D eigenvalue weighted by Gasteiger charge is -2.29. The molecule has 0 saturated heterocycles. The van der Waals surface area contributed by atoms with Crippen molar-refractivity contribution in [2.24, 2.45) is 5.92 Å². The van der Waals surface area contributed by atoms with Gasteiger partial charge in [0.15, 0.2) is 0 Å². The second-order valence-electron chi connectivity index (χ2n) is 9.55. The van der Waals surface area contributed by atoms with Gasteiger partial charge in [-0.25, -0.2) is 9.18 Å². The molecule has 37 heavy (non-hydrogen) atoms. The summed E-state index contributed by atoms with van der Waals surface area (Å²) in [6, 6.07) is 19.0. The van der Waals surface area contributed by atoms with Crippen LogP contribution >= 0.6 is 11.6 Å². The molecule has 4 rings (SSSR count). The van der Waals surface area contributed by atoms with E-state index in [1.165, 1.54) is 12.1 Å². The second kappa shape index (κ2) is 11.0. The number of hydrogen-bond donors (Lipinski definition) is 1. The van der Waals surface area contributed by atoms with Gasteiger partial charge in [-0.15, -0.1) is 0 Å². The predicted molar refractivity (Wildman–Crippen MR) is 144 cm³/mol. The Balaban J connectivity index is 1.63. The van der Waals surface area contributed by atoms with Crippen LogP contribution in [0.4, 0.5) is 10.1 Å². The van der Waals surface area contributed by atoms with Crippen molar-refractivity contribution >= 4 is 34.0 Å². The molecule has 1 N–H and O–H groups in total. The fraction of sp³-hybridized carbons (Fsp3) is 0.233. The summed E-state index contributed by atoms with van der Waals surface area (Å²) in [5.74, 6) is 4.89. The van der Waals surface area contributed by atoms with Crippen LogP contribution in [0.1, 0.15) is 37.1 Å². The molecule has 0 spiro atoms. The molecule has 1 amide bonds. The quantitative estimate of drug-likeness (QED) is 0.299. The molecule has 0 fully saturated rings. The molecule has 1 heterocycles. The fourth-order valence-electron chi connectivity index (χ4n) is 4.28. The number of anilines is 1. The molecule has 1 atom stereocenters. The molecule has 3 aromatic carbocycles. The molecule has 0 aliphatic carbocycles. The van der Waals surface area contributed by atoms with Gasteiger partial charge < -0.3 is 9.84 Å². The fourth-order valence-corrected chi connectivity index (χ4v) is 4.70. The third-order valence-electron chi connectivity index (χ3n) is 6.27. The molecule has 0 saturated carbocycles. The summed E-state index contributed by atoms with van der Waals surface area (Å²) in [4.78, 5) is 25.5. The number of aromatic nitrogens is 1. The Morgan fingerprint density at radius 2 is 1.86 bits per heavy atom. The summed E-state index contributed by atoms with van der Waals surface area (Å²) in [5.41, 5.74) is 1.72. The first-order chi connectivity index (χ1) is 17.6. The van der Waals surface area contributed by atoms with Crippen molar-refractivity contribution in [3.05, 3.63) is 105 Å². The minimum absolute atomic E-state index is 0.292. The van der Waals surface area contributed by atoms with E-state index in [4.69, 9.17) is 16.1 Å². The number of carbonyl (C=O) groups is 1. The highest BCUT2D eigenvalue weighted by Gasteiger charge is 2.30. The molecule has 4 aromatic rings. The summed E-state index contributed by atoms with van der Waals surface area (Å²) in [6.45, 7) is 5.63. The summed E-state index contributed by atoms with van der Waals surface area (Å²) < 4.78 is 18.4. The van der Waals surface area contributed by atoms with E-state index in [0.29, 0.717) is 40.0 Å². The van der Waals surface area contributed by atoms with Gasteiger partial charge in [0.25, 0.3) is 0 Å². The minimum atomic E-state index is -0.685. The summed E-state index contributed by atoms with van der Waals surface area (Å²) in [7, 11) is 0. The minimum Gasteiger partial charge on any atom is -0.325 e. The van der Waals surface area contributed by atoms with Crippen LogP contribution in [0.2, 0.25) is 5.02 Å². The number of amides is 1. The highest BCUT2D eigenvalue weighted by atomic mass is 35.5. The van der Waals surface area contributed by atoms with E-state index in [-0.39, 0.29) is 5.91 Å². The lowest BCUT2D eigenvalue weighted by molar-refractivity contribution is -0.118. The Morgan fingerprint density at radius 1 is 1.11 bits per heavy atom. The predicted octanol–water partition coefficient (Wildman–Crippen LogP) is 6.46. The average Bonchev–Trinajstić information content (AvgIpc) is 2.86. The van der Waals surface area contributed by atoms with Gasteiger partial charge in [-0.3, -0.25) is 4.79 Å². The van der Waals surface area contributed by atoms with Gasteiger partial charge in [-0.1, -0.05) is 78.8 Å². The molecule has 0 bridgehead atoms. The van der Waals surface area contributed by atoms with E-state index < -0.39 is 22.8 Å². The summed E-state index contributed by atoms with van der Waals surface area (Å²) in [6.07, 6.45) is 0.850. The molecular weight excluding hydrogens is 491 g/mol. The lowest BCUT2D eigenvalue weighted by Crippen LogP contribution is -2.29. The van der Waals surface area contributed by atoms with Gasteiger partial charge in [0.05, 0.1) is 11.1 Å². The molecule has 0 radical (unpaired) electrons. The number of nitrogens with zero attached hydrogens (tertiary/aromatic N) is 1. The number of hydrogen-bond acceptors (Lipinski definition) is 4. The number of benzene rings is 3. The van der Waals surface area contributed by atoms with Crippen LogP contribution in [0.25, 0.3) is 10.8 Å². The molecule has 1 aromatic heterocycles. The van der Waals surface area contributed by atoms with Gasteiger partial charge in [0.2, 0.25) is 5.91 Å². The van der Waals surface area contributed by atoms with Gasteiger partial charge in [-0.05, 0) is 60.2 Å². The first-order valence-electron chi connectivity index (χ1n) is 11.8. The zero-order chi connectivity index (χ0) is 26.6. The topological polar surface area (TPSA) is 72.2 Å². The van der Waals surface area contributed by atoms with Gasteiger partial charge in [-0.2, -0.15) is 0 Å². The Labute approximate surface area is 219 Å². The van der Waals surface area contributed by atoms with Crippen molar-refractivity contribution in [2.75, 3.05) is 5.32 Å². The Morgan fingerprint density at radius 3 is 2.59 bits per heavy atom. The monoisotopic (exact) mass is 516 g/mol. The maximum atomic E-state index is 13.7. The van der Waals surface area contributed by atoms with Crippen LogP contribution in [0.15, 0.2) is 76.0 Å². The van der Waals surface area contributed by atoms with Crippen LogP contribution in [-0.4, -0.2) is 11.1 Å².